The van der Waals surface area contributed by atoms with Crippen LogP contribution in [0, 0.1) is 0 Å². The summed E-state index contributed by atoms with van der Waals surface area (Å²) in [5.74, 6) is 0.121. The number of nitrogens with zero attached hydrogens (tertiary/aromatic N) is 1. The maximum absolute atomic E-state index is 12.2. The van der Waals surface area contributed by atoms with E-state index in [9.17, 15) is 4.79 Å². The molecule has 118 valence electrons. The monoisotopic (exact) mass is 285 g/mol. The number of carbonyl (C=O) groups is 1. The van der Waals surface area contributed by atoms with Gasteiger partial charge in [0, 0.05) is 32.8 Å². The van der Waals surface area contributed by atoms with Gasteiger partial charge in [0.05, 0.1) is 12.1 Å². The summed E-state index contributed by atoms with van der Waals surface area (Å²) in [6.07, 6.45) is 5.56. The van der Waals surface area contributed by atoms with Crippen LogP contribution in [0.2, 0.25) is 0 Å². The highest BCUT2D eigenvalue weighted by Gasteiger charge is 2.33. The molecule has 0 bridgehead atoms. The smallest absolute Gasteiger partial charge is 0.237 e. The van der Waals surface area contributed by atoms with E-state index in [1.54, 1.807) is 7.11 Å². The molecule has 1 heterocycles. The summed E-state index contributed by atoms with van der Waals surface area (Å²) in [6, 6.07) is 0.132. The zero-order chi connectivity index (χ0) is 15.0. The fourth-order valence-corrected chi connectivity index (χ4v) is 2.87. The zero-order valence-electron chi connectivity index (χ0n) is 13.2. The molecule has 0 aromatic heterocycles. The van der Waals surface area contributed by atoms with Crippen LogP contribution < -0.4 is 11.1 Å². The van der Waals surface area contributed by atoms with Crippen molar-refractivity contribution in [3.8, 4) is 0 Å². The van der Waals surface area contributed by atoms with Gasteiger partial charge in [-0.15, -0.1) is 0 Å². The Balaban J connectivity index is 2.44. The Labute approximate surface area is 123 Å². The van der Waals surface area contributed by atoms with Gasteiger partial charge >= 0.3 is 0 Å². The Morgan fingerprint density at radius 2 is 2.25 bits per heavy atom. The predicted molar refractivity (Wildman–Crippen MR) is 81.6 cm³/mol. The van der Waals surface area contributed by atoms with Crippen LogP contribution in [0.5, 0.6) is 0 Å². The van der Waals surface area contributed by atoms with Crippen LogP contribution >= 0.6 is 0 Å². The number of rotatable bonds is 8. The van der Waals surface area contributed by atoms with E-state index in [0.717, 1.165) is 32.4 Å². The third-order valence-corrected chi connectivity index (χ3v) is 4.28. The standard InChI is InChI=1S/C15H31N3O2/c1-4-5-6-8-17-15(19)12(2)18-9-7-14(20-3)10-13(18)11-16/h12-14H,4-11,16H2,1-3H3,(H,17,19). The molecule has 1 amide bonds. The van der Waals surface area contributed by atoms with E-state index < -0.39 is 0 Å². The van der Waals surface area contributed by atoms with E-state index in [1.807, 2.05) is 6.92 Å². The van der Waals surface area contributed by atoms with Gasteiger partial charge in [-0.25, -0.2) is 0 Å². The number of likely N-dealkylation sites (tertiary alicyclic amines) is 1. The lowest BCUT2D eigenvalue weighted by atomic mass is 9.97. The number of amides is 1. The SMILES string of the molecule is CCCCCNC(=O)C(C)N1CCC(OC)CC1CN. The van der Waals surface area contributed by atoms with Crippen LogP contribution in [-0.2, 0) is 9.53 Å². The van der Waals surface area contributed by atoms with Crippen LogP contribution in [0.3, 0.4) is 0 Å². The van der Waals surface area contributed by atoms with E-state index in [2.05, 4.69) is 17.1 Å². The molecular formula is C15H31N3O2. The quantitative estimate of drug-likeness (QED) is 0.656. The third kappa shape index (κ3) is 5.04. The number of piperidine rings is 1. The Morgan fingerprint density at radius 3 is 2.85 bits per heavy atom. The van der Waals surface area contributed by atoms with Crippen molar-refractivity contribution in [1.82, 2.24) is 10.2 Å². The van der Waals surface area contributed by atoms with Crippen LogP contribution in [0.25, 0.3) is 0 Å². The number of carbonyl (C=O) groups excluding carboxylic acids is 1. The van der Waals surface area contributed by atoms with Crippen molar-refractivity contribution in [2.45, 2.75) is 64.1 Å². The summed E-state index contributed by atoms with van der Waals surface area (Å²) >= 11 is 0. The molecule has 0 aliphatic carbocycles. The first-order valence-corrected chi connectivity index (χ1v) is 7.90. The molecule has 1 rings (SSSR count). The van der Waals surface area contributed by atoms with Crippen molar-refractivity contribution in [2.24, 2.45) is 5.73 Å². The molecule has 3 unspecified atom stereocenters. The number of nitrogens with one attached hydrogen (secondary N) is 1. The van der Waals surface area contributed by atoms with Gasteiger partial charge in [-0.3, -0.25) is 9.69 Å². The molecule has 3 atom stereocenters. The highest BCUT2D eigenvalue weighted by molar-refractivity contribution is 5.81. The minimum atomic E-state index is -0.108. The molecule has 0 saturated carbocycles. The minimum Gasteiger partial charge on any atom is -0.381 e. The van der Waals surface area contributed by atoms with Crippen molar-refractivity contribution in [3.63, 3.8) is 0 Å². The summed E-state index contributed by atoms with van der Waals surface area (Å²) < 4.78 is 5.42. The van der Waals surface area contributed by atoms with Crippen molar-refractivity contribution in [2.75, 3.05) is 26.7 Å². The van der Waals surface area contributed by atoms with E-state index in [0.29, 0.717) is 6.54 Å². The highest BCUT2D eigenvalue weighted by Crippen LogP contribution is 2.21. The molecule has 1 saturated heterocycles. The third-order valence-electron chi connectivity index (χ3n) is 4.28. The topological polar surface area (TPSA) is 67.6 Å². The van der Waals surface area contributed by atoms with Gasteiger partial charge in [0.15, 0.2) is 0 Å². The number of nitrogens with two attached hydrogens (primary N) is 1. The Hall–Kier alpha value is -0.650. The largest absolute Gasteiger partial charge is 0.381 e. The first-order chi connectivity index (χ1) is 9.63. The molecule has 1 fully saturated rings. The minimum absolute atomic E-state index is 0.108. The maximum atomic E-state index is 12.2. The first-order valence-electron chi connectivity index (χ1n) is 7.90. The second kappa shape index (κ2) is 9.32. The fraction of sp³-hybridized carbons (Fsp3) is 0.933. The van der Waals surface area contributed by atoms with Crippen LogP contribution in [0.15, 0.2) is 0 Å². The van der Waals surface area contributed by atoms with Crippen molar-refractivity contribution in [1.29, 1.82) is 0 Å². The van der Waals surface area contributed by atoms with E-state index >= 15 is 0 Å². The fourth-order valence-electron chi connectivity index (χ4n) is 2.87. The number of hydrogen-bond donors (Lipinski definition) is 2. The average Bonchev–Trinajstić information content (AvgIpc) is 2.49. The van der Waals surface area contributed by atoms with Crippen LogP contribution in [-0.4, -0.2) is 55.7 Å². The van der Waals surface area contributed by atoms with E-state index in [4.69, 9.17) is 10.5 Å². The molecule has 5 nitrogen and oxygen atoms in total. The molecule has 1 aliphatic rings. The van der Waals surface area contributed by atoms with Gasteiger partial charge in [0.25, 0.3) is 0 Å². The molecule has 3 N–H and O–H groups in total. The second-order valence-electron chi connectivity index (χ2n) is 5.68. The molecule has 0 aromatic carbocycles. The van der Waals surface area contributed by atoms with Crippen molar-refractivity contribution >= 4 is 5.91 Å². The summed E-state index contributed by atoms with van der Waals surface area (Å²) in [5.41, 5.74) is 5.86. The predicted octanol–water partition coefficient (Wildman–Crippen LogP) is 1.12. The van der Waals surface area contributed by atoms with Crippen molar-refractivity contribution < 1.29 is 9.53 Å². The van der Waals surface area contributed by atoms with Gasteiger partial charge in [0.2, 0.25) is 5.91 Å². The van der Waals surface area contributed by atoms with E-state index in [-0.39, 0.29) is 24.1 Å². The molecule has 1 aliphatic heterocycles. The lowest BCUT2D eigenvalue weighted by molar-refractivity contribution is -0.128. The van der Waals surface area contributed by atoms with Gasteiger partial charge < -0.3 is 15.8 Å². The Bertz CT molecular complexity index is 286. The molecule has 0 spiro atoms. The number of ether oxygens (including phenoxy) is 1. The number of methoxy groups -OCH3 is 1. The average molecular weight is 285 g/mol. The van der Waals surface area contributed by atoms with Crippen LogP contribution in [0.1, 0.15) is 46.0 Å². The number of unbranched alkanes of at least 4 members (excludes halogenated alkanes) is 2. The zero-order valence-corrected chi connectivity index (χ0v) is 13.2. The molecule has 0 radical (unpaired) electrons. The van der Waals surface area contributed by atoms with Gasteiger partial charge in [-0.1, -0.05) is 19.8 Å². The molecule has 5 heteroatoms. The summed E-state index contributed by atoms with van der Waals surface area (Å²) in [4.78, 5) is 14.4. The van der Waals surface area contributed by atoms with Gasteiger partial charge in [-0.2, -0.15) is 0 Å². The number of hydrogen-bond acceptors (Lipinski definition) is 4. The Morgan fingerprint density at radius 1 is 1.50 bits per heavy atom. The molecule has 0 aromatic rings. The summed E-state index contributed by atoms with van der Waals surface area (Å²) in [5, 5.41) is 3.03. The first kappa shape index (κ1) is 17.4. The highest BCUT2D eigenvalue weighted by atomic mass is 16.5. The lowest BCUT2D eigenvalue weighted by Crippen LogP contribution is -2.56. The molecule has 20 heavy (non-hydrogen) atoms. The maximum Gasteiger partial charge on any atom is 0.237 e. The van der Waals surface area contributed by atoms with Gasteiger partial charge in [-0.05, 0) is 26.2 Å². The van der Waals surface area contributed by atoms with E-state index in [1.165, 1.54) is 12.8 Å². The summed E-state index contributed by atoms with van der Waals surface area (Å²) in [6.45, 7) is 6.37. The molecular weight excluding hydrogens is 254 g/mol. The second-order valence-corrected chi connectivity index (χ2v) is 5.68. The summed E-state index contributed by atoms with van der Waals surface area (Å²) in [7, 11) is 1.75. The normalized spacial score (nSPS) is 25.4. The van der Waals surface area contributed by atoms with Crippen LogP contribution in [0.4, 0.5) is 0 Å². The Kier molecular flexibility index (Phi) is 8.11. The van der Waals surface area contributed by atoms with Gasteiger partial charge in [0.1, 0.15) is 0 Å². The lowest BCUT2D eigenvalue weighted by Gasteiger charge is -2.41. The van der Waals surface area contributed by atoms with Crippen molar-refractivity contribution in [3.05, 3.63) is 0 Å².